The van der Waals surface area contributed by atoms with E-state index in [1.165, 1.54) is 5.57 Å². The molecule has 0 aromatic rings. The van der Waals surface area contributed by atoms with E-state index in [1.807, 2.05) is 0 Å². The van der Waals surface area contributed by atoms with E-state index < -0.39 is 0 Å². The normalized spacial score (nSPS) is 22.7. The van der Waals surface area contributed by atoms with E-state index in [9.17, 15) is 0 Å². The SMILES string of the molecule is CC(C)C1=CCC(OC(C)(C)C)C=C1. The lowest BCUT2D eigenvalue weighted by Gasteiger charge is -2.27. The summed E-state index contributed by atoms with van der Waals surface area (Å²) >= 11 is 0. The molecule has 1 atom stereocenters. The Labute approximate surface area is 87.8 Å². The zero-order valence-corrected chi connectivity index (χ0v) is 10.0. The summed E-state index contributed by atoms with van der Waals surface area (Å²) in [7, 11) is 0. The number of ether oxygens (including phenoxy) is 1. The third kappa shape index (κ3) is 3.67. The van der Waals surface area contributed by atoms with Crippen molar-refractivity contribution in [1.82, 2.24) is 0 Å². The summed E-state index contributed by atoms with van der Waals surface area (Å²) < 4.78 is 5.88. The van der Waals surface area contributed by atoms with Gasteiger partial charge in [-0.3, -0.25) is 0 Å². The van der Waals surface area contributed by atoms with Gasteiger partial charge in [-0.25, -0.2) is 0 Å². The van der Waals surface area contributed by atoms with Gasteiger partial charge < -0.3 is 4.74 Å². The number of allylic oxidation sites excluding steroid dienone is 2. The van der Waals surface area contributed by atoms with Gasteiger partial charge in [0.1, 0.15) is 0 Å². The lowest BCUT2D eigenvalue weighted by atomic mass is 9.96. The largest absolute Gasteiger partial charge is 0.368 e. The second-order valence-corrected chi connectivity index (χ2v) is 5.22. The van der Waals surface area contributed by atoms with Crippen LogP contribution in [-0.4, -0.2) is 11.7 Å². The van der Waals surface area contributed by atoms with Crippen molar-refractivity contribution in [2.75, 3.05) is 0 Å². The second-order valence-electron chi connectivity index (χ2n) is 5.22. The summed E-state index contributed by atoms with van der Waals surface area (Å²) in [5.41, 5.74) is 1.39. The molecular formula is C13H22O. The summed E-state index contributed by atoms with van der Waals surface area (Å²) in [6, 6.07) is 0. The van der Waals surface area contributed by atoms with Gasteiger partial charge in [-0.05, 0) is 38.7 Å². The first-order valence-corrected chi connectivity index (χ1v) is 5.44. The van der Waals surface area contributed by atoms with Gasteiger partial charge >= 0.3 is 0 Å². The highest BCUT2D eigenvalue weighted by Gasteiger charge is 2.18. The Morgan fingerprint density at radius 3 is 2.36 bits per heavy atom. The summed E-state index contributed by atoms with van der Waals surface area (Å²) in [4.78, 5) is 0. The molecule has 0 amide bonds. The van der Waals surface area contributed by atoms with Crippen LogP contribution in [0.1, 0.15) is 41.0 Å². The molecule has 80 valence electrons. The van der Waals surface area contributed by atoms with Gasteiger partial charge in [0.15, 0.2) is 0 Å². The van der Waals surface area contributed by atoms with Gasteiger partial charge in [0, 0.05) is 0 Å². The summed E-state index contributed by atoms with van der Waals surface area (Å²) in [5.74, 6) is 0.627. The molecule has 0 saturated carbocycles. The fourth-order valence-electron chi connectivity index (χ4n) is 1.59. The van der Waals surface area contributed by atoms with Crippen LogP contribution in [0.3, 0.4) is 0 Å². The quantitative estimate of drug-likeness (QED) is 0.651. The number of rotatable bonds is 2. The third-order valence-corrected chi connectivity index (χ3v) is 2.26. The lowest BCUT2D eigenvalue weighted by Crippen LogP contribution is -2.26. The average molecular weight is 194 g/mol. The zero-order valence-electron chi connectivity index (χ0n) is 10.0. The van der Waals surface area contributed by atoms with Crippen LogP contribution in [-0.2, 0) is 4.74 Å². The molecule has 0 bridgehead atoms. The molecule has 0 aliphatic heterocycles. The maximum atomic E-state index is 5.88. The Morgan fingerprint density at radius 1 is 1.36 bits per heavy atom. The van der Waals surface area contributed by atoms with E-state index in [-0.39, 0.29) is 11.7 Å². The summed E-state index contributed by atoms with van der Waals surface area (Å²) in [6.45, 7) is 10.7. The summed E-state index contributed by atoms with van der Waals surface area (Å²) in [6.07, 6.45) is 7.95. The highest BCUT2D eigenvalue weighted by Crippen LogP contribution is 2.22. The molecule has 0 radical (unpaired) electrons. The first-order valence-electron chi connectivity index (χ1n) is 5.44. The van der Waals surface area contributed by atoms with Crippen molar-refractivity contribution in [3.8, 4) is 0 Å². The molecule has 1 unspecified atom stereocenters. The van der Waals surface area contributed by atoms with Crippen molar-refractivity contribution in [2.24, 2.45) is 5.92 Å². The topological polar surface area (TPSA) is 9.23 Å². The number of hydrogen-bond acceptors (Lipinski definition) is 1. The van der Waals surface area contributed by atoms with E-state index in [0.717, 1.165) is 6.42 Å². The van der Waals surface area contributed by atoms with Crippen LogP contribution in [0.4, 0.5) is 0 Å². The molecule has 0 spiro atoms. The van der Waals surface area contributed by atoms with E-state index in [2.05, 4.69) is 52.8 Å². The molecule has 14 heavy (non-hydrogen) atoms. The molecular weight excluding hydrogens is 172 g/mol. The van der Waals surface area contributed by atoms with E-state index in [0.29, 0.717) is 5.92 Å². The van der Waals surface area contributed by atoms with Crippen molar-refractivity contribution < 1.29 is 4.74 Å². The van der Waals surface area contributed by atoms with Crippen molar-refractivity contribution in [1.29, 1.82) is 0 Å². The fraction of sp³-hybridized carbons (Fsp3) is 0.692. The molecule has 0 saturated heterocycles. The molecule has 1 aliphatic rings. The smallest absolute Gasteiger partial charge is 0.0800 e. The van der Waals surface area contributed by atoms with Gasteiger partial charge in [0.2, 0.25) is 0 Å². The van der Waals surface area contributed by atoms with Crippen LogP contribution in [0.15, 0.2) is 23.8 Å². The lowest BCUT2D eigenvalue weighted by molar-refractivity contribution is -0.0369. The Morgan fingerprint density at radius 2 is 2.00 bits per heavy atom. The Kier molecular flexibility index (Phi) is 3.54. The van der Waals surface area contributed by atoms with Crippen molar-refractivity contribution in [2.45, 2.75) is 52.7 Å². The van der Waals surface area contributed by atoms with Crippen LogP contribution in [0.5, 0.6) is 0 Å². The first kappa shape index (κ1) is 11.5. The van der Waals surface area contributed by atoms with Gasteiger partial charge in [-0.1, -0.05) is 32.1 Å². The minimum atomic E-state index is -0.0435. The van der Waals surface area contributed by atoms with E-state index in [1.54, 1.807) is 0 Å². The Balaban J connectivity index is 2.49. The maximum Gasteiger partial charge on any atom is 0.0800 e. The van der Waals surface area contributed by atoms with Crippen LogP contribution in [0.2, 0.25) is 0 Å². The van der Waals surface area contributed by atoms with Crippen LogP contribution in [0.25, 0.3) is 0 Å². The zero-order chi connectivity index (χ0) is 10.8. The highest BCUT2D eigenvalue weighted by molar-refractivity contribution is 5.25. The first-order chi connectivity index (χ1) is 6.38. The monoisotopic (exact) mass is 194 g/mol. The second kappa shape index (κ2) is 4.31. The molecule has 0 aromatic carbocycles. The molecule has 1 nitrogen and oxygen atoms in total. The van der Waals surface area contributed by atoms with Gasteiger partial charge in [-0.15, -0.1) is 0 Å². The van der Waals surface area contributed by atoms with E-state index >= 15 is 0 Å². The standard InChI is InChI=1S/C13H22O/c1-10(2)11-6-8-12(9-7-11)14-13(3,4)5/h6-8,10,12H,9H2,1-5H3. The average Bonchev–Trinajstić information content (AvgIpc) is 2.02. The molecule has 1 rings (SSSR count). The van der Waals surface area contributed by atoms with Crippen molar-refractivity contribution in [3.63, 3.8) is 0 Å². The number of hydrogen-bond donors (Lipinski definition) is 0. The molecule has 0 heterocycles. The van der Waals surface area contributed by atoms with E-state index in [4.69, 9.17) is 4.74 Å². The van der Waals surface area contributed by atoms with Crippen LogP contribution < -0.4 is 0 Å². The Bertz CT molecular complexity index is 240. The predicted octanol–water partition coefficient (Wildman–Crippen LogP) is 3.71. The highest BCUT2D eigenvalue weighted by atomic mass is 16.5. The molecule has 0 N–H and O–H groups in total. The molecule has 1 heteroatoms. The minimum Gasteiger partial charge on any atom is -0.368 e. The van der Waals surface area contributed by atoms with Gasteiger partial charge in [0.05, 0.1) is 11.7 Å². The van der Waals surface area contributed by atoms with Crippen LogP contribution >= 0.6 is 0 Å². The molecule has 0 aromatic heterocycles. The van der Waals surface area contributed by atoms with Gasteiger partial charge in [-0.2, -0.15) is 0 Å². The Hall–Kier alpha value is -0.560. The maximum absolute atomic E-state index is 5.88. The molecule has 0 fully saturated rings. The van der Waals surface area contributed by atoms with Gasteiger partial charge in [0.25, 0.3) is 0 Å². The fourth-order valence-corrected chi connectivity index (χ4v) is 1.59. The van der Waals surface area contributed by atoms with Crippen LogP contribution in [0, 0.1) is 5.92 Å². The predicted molar refractivity (Wildman–Crippen MR) is 61.3 cm³/mol. The van der Waals surface area contributed by atoms with Crippen molar-refractivity contribution >= 4 is 0 Å². The summed E-state index contributed by atoms with van der Waals surface area (Å²) in [5, 5.41) is 0. The minimum absolute atomic E-state index is 0.0435. The third-order valence-electron chi connectivity index (χ3n) is 2.26. The molecule has 1 aliphatic carbocycles. The van der Waals surface area contributed by atoms with Crippen molar-refractivity contribution in [3.05, 3.63) is 23.8 Å².